The van der Waals surface area contributed by atoms with Gasteiger partial charge in [0.25, 0.3) is 0 Å². The standard InChI is InChI=1S/C10H17BNO5P/c1-3-16-18(15,17-4-2)8-10-6-5-9(7-12-10)11(13)14/h5-7,13-14H,3-4,8H2,1-2H3. The first-order chi connectivity index (χ1) is 8.50. The molecule has 2 N–H and O–H groups in total. The summed E-state index contributed by atoms with van der Waals surface area (Å²) in [6.45, 7) is 4.07. The SMILES string of the molecule is CCOP(=O)(Cc1ccc(B(O)O)cn1)OCC. The fourth-order valence-electron chi connectivity index (χ4n) is 1.40. The van der Waals surface area contributed by atoms with Crippen molar-refractivity contribution in [3.05, 3.63) is 24.0 Å². The summed E-state index contributed by atoms with van der Waals surface area (Å²) in [5.41, 5.74) is 0.797. The van der Waals surface area contributed by atoms with E-state index in [0.29, 0.717) is 18.9 Å². The lowest BCUT2D eigenvalue weighted by molar-refractivity contribution is 0.219. The van der Waals surface area contributed by atoms with E-state index in [0.717, 1.165) is 0 Å². The van der Waals surface area contributed by atoms with Crippen molar-refractivity contribution in [2.24, 2.45) is 0 Å². The second-order valence-corrected chi connectivity index (χ2v) is 5.62. The van der Waals surface area contributed by atoms with Gasteiger partial charge in [-0.2, -0.15) is 0 Å². The van der Waals surface area contributed by atoms with E-state index in [1.807, 2.05) is 0 Å². The van der Waals surface area contributed by atoms with Gasteiger partial charge in [0.1, 0.15) is 0 Å². The van der Waals surface area contributed by atoms with Gasteiger partial charge in [-0.1, -0.05) is 6.07 Å². The van der Waals surface area contributed by atoms with Crippen molar-refractivity contribution in [2.45, 2.75) is 20.0 Å². The molecule has 0 atom stereocenters. The molecule has 18 heavy (non-hydrogen) atoms. The van der Waals surface area contributed by atoms with Gasteiger partial charge < -0.3 is 19.1 Å². The van der Waals surface area contributed by atoms with E-state index in [2.05, 4.69) is 4.98 Å². The van der Waals surface area contributed by atoms with Crippen LogP contribution in [0.1, 0.15) is 19.5 Å². The van der Waals surface area contributed by atoms with E-state index >= 15 is 0 Å². The Balaban J connectivity index is 2.78. The highest BCUT2D eigenvalue weighted by Crippen LogP contribution is 2.50. The number of rotatable bonds is 7. The molecule has 1 aromatic rings. The molecule has 6 nitrogen and oxygen atoms in total. The summed E-state index contributed by atoms with van der Waals surface area (Å²) in [5.74, 6) is 0. The molecule has 0 aliphatic rings. The van der Waals surface area contributed by atoms with Crippen LogP contribution in [0.25, 0.3) is 0 Å². The van der Waals surface area contributed by atoms with Gasteiger partial charge in [-0.3, -0.25) is 9.55 Å². The number of nitrogens with zero attached hydrogens (tertiary/aromatic N) is 1. The molecule has 0 aliphatic heterocycles. The Kier molecular flexibility index (Phi) is 5.98. The zero-order valence-electron chi connectivity index (χ0n) is 10.4. The summed E-state index contributed by atoms with van der Waals surface area (Å²) in [6.07, 6.45) is 1.39. The second kappa shape index (κ2) is 7.02. The number of aromatic nitrogens is 1. The number of hydrogen-bond acceptors (Lipinski definition) is 6. The Morgan fingerprint density at radius 2 is 1.89 bits per heavy atom. The van der Waals surface area contributed by atoms with E-state index in [1.54, 1.807) is 19.9 Å². The predicted molar refractivity (Wildman–Crippen MR) is 68.6 cm³/mol. The van der Waals surface area contributed by atoms with Crippen LogP contribution < -0.4 is 5.46 Å². The topological polar surface area (TPSA) is 88.9 Å². The van der Waals surface area contributed by atoms with Crippen molar-refractivity contribution in [3.63, 3.8) is 0 Å². The monoisotopic (exact) mass is 273 g/mol. The minimum atomic E-state index is -3.17. The molecule has 0 bridgehead atoms. The fraction of sp³-hybridized carbons (Fsp3) is 0.500. The van der Waals surface area contributed by atoms with Crippen molar-refractivity contribution < 1.29 is 23.7 Å². The minimum absolute atomic E-state index is 0.0660. The molecule has 0 saturated heterocycles. The van der Waals surface area contributed by atoms with Gasteiger partial charge >= 0.3 is 14.7 Å². The molecule has 0 spiro atoms. The minimum Gasteiger partial charge on any atom is -0.423 e. The molecule has 0 fully saturated rings. The summed E-state index contributed by atoms with van der Waals surface area (Å²) in [7, 11) is -4.73. The first kappa shape index (κ1) is 15.3. The molecular formula is C10H17BNO5P. The maximum atomic E-state index is 12.2. The molecule has 100 valence electrons. The van der Waals surface area contributed by atoms with Crippen LogP contribution in [-0.4, -0.2) is 35.4 Å². The van der Waals surface area contributed by atoms with Gasteiger partial charge in [0, 0.05) is 11.7 Å². The second-order valence-electron chi connectivity index (χ2n) is 3.56. The van der Waals surface area contributed by atoms with E-state index in [1.165, 1.54) is 12.3 Å². The summed E-state index contributed by atoms with van der Waals surface area (Å²) in [5, 5.41) is 17.9. The van der Waals surface area contributed by atoms with Gasteiger partial charge in [-0.15, -0.1) is 0 Å². The Labute approximate surface area is 107 Å². The molecule has 0 radical (unpaired) electrons. The molecular weight excluding hydrogens is 256 g/mol. The molecule has 0 unspecified atom stereocenters. The van der Waals surface area contributed by atoms with E-state index < -0.39 is 14.7 Å². The Morgan fingerprint density at radius 3 is 2.28 bits per heavy atom. The van der Waals surface area contributed by atoms with Crippen LogP contribution in [0, 0.1) is 0 Å². The summed E-state index contributed by atoms with van der Waals surface area (Å²) in [6, 6.07) is 3.08. The Hall–Kier alpha value is -0.715. The molecule has 1 heterocycles. The van der Waals surface area contributed by atoms with Crippen LogP contribution in [0.15, 0.2) is 18.3 Å². The predicted octanol–water partition coefficient (Wildman–Crippen LogP) is 0.528. The molecule has 0 aliphatic carbocycles. The maximum absolute atomic E-state index is 12.2. The van der Waals surface area contributed by atoms with Crippen molar-refractivity contribution in [3.8, 4) is 0 Å². The highest BCUT2D eigenvalue weighted by atomic mass is 31.2. The van der Waals surface area contributed by atoms with Crippen LogP contribution in [0.3, 0.4) is 0 Å². The van der Waals surface area contributed by atoms with Crippen molar-refractivity contribution >= 4 is 20.2 Å². The molecule has 8 heteroatoms. The number of pyridine rings is 1. The summed E-state index contributed by atoms with van der Waals surface area (Å²) >= 11 is 0. The largest absolute Gasteiger partial charge is 0.490 e. The molecule has 0 saturated carbocycles. The summed E-state index contributed by atoms with van der Waals surface area (Å²) in [4.78, 5) is 4.00. The third-order valence-corrected chi connectivity index (χ3v) is 4.17. The van der Waals surface area contributed by atoms with Crippen molar-refractivity contribution in [2.75, 3.05) is 13.2 Å². The smallest absolute Gasteiger partial charge is 0.423 e. The van der Waals surface area contributed by atoms with E-state index in [4.69, 9.17) is 19.1 Å². The van der Waals surface area contributed by atoms with Gasteiger partial charge in [0.05, 0.1) is 25.1 Å². The van der Waals surface area contributed by atoms with Crippen molar-refractivity contribution in [1.82, 2.24) is 4.98 Å². The number of hydrogen-bond donors (Lipinski definition) is 2. The first-order valence-electron chi connectivity index (χ1n) is 5.70. The third kappa shape index (κ3) is 4.51. The van der Waals surface area contributed by atoms with Crippen LogP contribution in [0.4, 0.5) is 0 Å². The molecule has 1 rings (SSSR count). The fourth-order valence-corrected chi connectivity index (χ4v) is 3.03. The van der Waals surface area contributed by atoms with Crippen molar-refractivity contribution in [1.29, 1.82) is 0 Å². The quantitative estimate of drug-likeness (QED) is 0.556. The average Bonchev–Trinajstić information content (AvgIpc) is 2.30. The first-order valence-corrected chi connectivity index (χ1v) is 7.42. The molecule has 0 amide bonds. The summed E-state index contributed by atoms with van der Waals surface area (Å²) < 4.78 is 22.5. The third-order valence-electron chi connectivity index (χ3n) is 2.15. The Morgan fingerprint density at radius 1 is 1.28 bits per heavy atom. The van der Waals surface area contributed by atoms with Gasteiger partial charge in [-0.25, -0.2) is 0 Å². The molecule has 1 aromatic heterocycles. The lowest BCUT2D eigenvalue weighted by atomic mass is 9.82. The maximum Gasteiger partial charge on any atom is 0.490 e. The highest BCUT2D eigenvalue weighted by molar-refractivity contribution is 7.53. The zero-order valence-corrected chi connectivity index (χ0v) is 11.3. The van der Waals surface area contributed by atoms with Crippen LogP contribution in [0.5, 0.6) is 0 Å². The van der Waals surface area contributed by atoms with E-state index in [9.17, 15) is 4.57 Å². The van der Waals surface area contributed by atoms with E-state index in [-0.39, 0.29) is 11.6 Å². The van der Waals surface area contributed by atoms with Gasteiger partial charge in [-0.05, 0) is 19.9 Å². The average molecular weight is 273 g/mol. The van der Waals surface area contributed by atoms with Crippen LogP contribution in [0.2, 0.25) is 0 Å². The van der Waals surface area contributed by atoms with Gasteiger partial charge in [0.2, 0.25) is 0 Å². The van der Waals surface area contributed by atoms with Gasteiger partial charge in [0.15, 0.2) is 0 Å². The highest BCUT2D eigenvalue weighted by Gasteiger charge is 2.25. The lowest BCUT2D eigenvalue weighted by Crippen LogP contribution is -2.30. The zero-order chi connectivity index (χ0) is 13.6. The van der Waals surface area contributed by atoms with Crippen LogP contribution >= 0.6 is 7.60 Å². The Bertz CT molecular complexity index is 401. The molecule has 0 aromatic carbocycles. The normalized spacial score (nSPS) is 11.6. The van der Waals surface area contributed by atoms with Crippen LogP contribution in [-0.2, 0) is 19.8 Å². The lowest BCUT2D eigenvalue weighted by Gasteiger charge is -2.16.